The fourth-order valence-corrected chi connectivity index (χ4v) is 6.58. The van der Waals surface area contributed by atoms with Gasteiger partial charge >= 0.3 is 5.97 Å². The predicted molar refractivity (Wildman–Crippen MR) is 125 cm³/mol. The second-order valence-electron chi connectivity index (χ2n) is 9.05. The predicted octanol–water partition coefficient (Wildman–Crippen LogP) is 3.28. The van der Waals surface area contributed by atoms with E-state index in [1.807, 2.05) is 38.1 Å². The summed E-state index contributed by atoms with van der Waals surface area (Å²) in [5.74, 6) is -0.421. The third-order valence-electron chi connectivity index (χ3n) is 7.05. The molecule has 0 radical (unpaired) electrons. The fraction of sp³-hybridized carbons (Fsp3) is 0.440. The van der Waals surface area contributed by atoms with Crippen molar-refractivity contribution in [3.05, 3.63) is 63.7 Å². The second kappa shape index (κ2) is 8.57. The molecule has 0 unspecified atom stereocenters. The zero-order valence-electron chi connectivity index (χ0n) is 19.5. The lowest BCUT2D eigenvalue weighted by Crippen LogP contribution is -2.46. The van der Waals surface area contributed by atoms with Crippen LogP contribution in [0, 0.1) is 27.7 Å². The first-order valence-corrected chi connectivity index (χ1v) is 12.7. The molecule has 176 valence electrons. The van der Waals surface area contributed by atoms with E-state index in [0.717, 1.165) is 27.8 Å². The first-order chi connectivity index (χ1) is 15.6. The first kappa shape index (κ1) is 23.4. The molecule has 0 aliphatic carbocycles. The molecular formula is C25H30N2O5S. The molecule has 33 heavy (non-hydrogen) atoms. The van der Waals surface area contributed by atoms with Gasteiger partial charge in [-0.1, -0.05) is 24.3 Å². The van der Waals surface area contributed by atoms with Gasteiger partial charge in [-0.05, 0) is 56.0 Å². The monoisotopic (exact) mass is 470 g/mol. The summed E-state index contributed by atoms with van der Waals surface area (Å²) in [5.41, 5.74) is 4.13. The van der Waals surface area contributed by atoms with Gasteiger partial charge in [-0.3, -0.25) is 4.79 Å². The number of piperidine rings is 1. The molecular weight excluding hydrogens is 440 g/mol. The van der Waals surface area contributed by atoms with Crippen LogP contribution in [0.2, 0.25) is 0 Å². The van der Waals surface area contributed by atoms with Crippen molar-refractivity contribution < 1.29 is 22.7 Å². The lowest BCUT2D eigenvalue weighted by molar-refractivity contribution is -0.135. The van der Waals surface area contributed by atoms with Gasteiger partial charge in [0, 0.05) is 44.5 Å². The number of rotatable bonds is 5. The number of carbonyl (C=O) groups excluding carboxylic acids is 2. The van der Waals surface area contributed by atoms with Gasteiger partial charge in [-0.2, -0.15) is 0 Å². The number of ether oxygens (including phenoxy) is 1. The number of benzene rings is 2. The maximum absolute atomic E-state index is 13.0. The summed E-state index contributed by atoms with van der Waals surface area (Å²) in [4.78, 5) is 27.0. The standard InChI is InChI=1S/C25H30N2O5S/c1-16-15-17(2)19(4)23(18(16)3)33(30,31)26-12-9-22(28)27-13-10-25(11-14-27)21-8-6-5-7-20(21)24(29)32-25/h5-8,15,26H,9-14H2,1-4H3. The van der Waals surface area contributed by atoms with Crippen molar-refractivity contribution in [1.29, 1.82) is 0 Å². The van der Waals surface area contributed by atoms with Gasteiger partial charge in [-0.25, -0.2) is 17.9 Å². The van der Waals surface area contributed by atoms with Crippen LogP contribution in [0.5, 0.6) is 0 Å². The number of nitrogens with one attached hydrogen (secondary N) is 1. The molecule has 1 spiro atoms. The minimum absolute atomic E-state index is 0.0342. The third-order valence-corrected chi connectivity index (χ3v) is 8.78. The van der Waals surface area contributed by atoms with Crippen molar-refractivity contribution in [2.75, 3.05) is 19.6 Å². The first-order valence-electron chi connectivity index (χ1n) is 11.2. The molecule has 2 heterocycles. The maximum Gasteiger partial charge on any atom is 0.339 e. The van der Waals surface area contributed by atoms with Crippen LogP contribution in [0.15, 0.2) is 35.2 Å². The average Bonchev–Trinajstić information content (AvgIpc) is 3.04. The number of fused-ring (bicyclic) bond motifs is 2. The number of amides is 1. The highest BCUT2D eigenvalue weighted by atomic mass is 32.2. The Bertz CT molecular complexity index is 1200. The Morgan fingerprint density at radius 1 is 1.06 bits per heavy atom. The maximum atomic E-state index is 13.0. The Kier molecular flexibility index (Phi) is 6.09. The highest BCUT2D eigenvalue weighted by Crippen LogP contribution is 2.44. The van der Waals surface area contributed by atoms with Gasteiger partial charge in [0.1, 0.15) is 5.60 Å². The lowest BCUT2D eigenvalue weighted by atomic mass is 9.83. The lowest BCUT2D eigenvalue weighted by Gasteiger charge is -2.38. The zero-order valence-corrected chi connectivity index (χ0v) is 20.3. The van der Waals surface area contributed by atoms with E-state index in [4.69, 9.17) is 4.74 Å². The Morgan fingerprint density at radius 3 is 2.30 bits per heavy atom. The van der Waals surface area contributed by atoms with E-state index in [1.165, 1.54) is 0 Å². The van der Waals surface area contributed by atoms with E-state index in [0.29, 0.717) is 36.4 Å². The van der Waals surface area contributed by atoms with Gasteiger partial charge < -0.3 is 9.64 Å². The quantitative estimate of drug-likeness (QED) is 0.677. The highest BCUT2D eigenvalue weighted by Gasteiger charge is 2.47. The van der Waals surface area contributed by atoms with Gasteiger partial charge in [-0.15, -0.1) is 0 Å². The van der Waals surface area contributed by atoms with Gasteiger partial charge in [0.05, 0.1) is 10.5 Å². The number of sulfonamides is 1. The van der Waals surface area contributed by atoms with E-state index >= 15 is 0 Å². The van der Waals surface area contributed by atoms with Crippen LogP contribution >= 0.6 is 0 Å². The van der Waals surface area contributed by atoms with Crippen molar-refractivity contribution in [2.24, 2.45) is 0 Å². The summed E-state index contributed by atoms with van der Waals surface area (Å²) in [6.07, 6.45) is 1.15. The molecule has 0 saturated carbocycles. The summed E-state index contributed by atoms with van der Waals surface area (Å²) in [7, 11) is -3.73. The van der Waals surface area contributed by atoms with Gasteiger partial charge in [0.2, 0.25) is 15.9 Å². The van der Waals surface area contributed by atoms with Crippen molar-refractivity contribution in [3.63, 3.8) is 0 Å². The van der Waals surface area contributed by atoms with E-state index in [-0.39, 0.29) is 24.8 Å². The molecule has 2 aromatic carbocycles. The summed E-state index contributed by atoms with van der Waals surface area (Å²) >= 11 is 0. The Balaban J connectivity index is 1.36. The van der Waals surface area contributed by atoms with Crippen LogP contribution < -0.4 is 4.72 Å². The average molecular weight is 471 g/mol. The smallest absolute Gasteiger partial charge is 0.339 e. The Morgan fingerprint density at radius 2 is 1.67 bits per heavy atom. The summed E-state index contributed by atoms with van der Waals surface area (Å²) in [5, 5.41) is 0. The normalized spacial score (nSPS) is 17.2. The van der Waals surface area contributed by atoms with E-state index in [9.17, 15) is 18.0 Å². The molecule has 2 aromatic rings. The van der Waals surface area contributed by atoms with Crippen LogP contribution in [0.1, 0.15) is 57.4 Å². The second-order valence-corrected chi connectivity index (χ2v) is 10.8. The molecule has 0 atom stereocenters. The summed E-state index contributed by atoms with van der Waals surface area (Å²) in [6, 6.07) is 9.39. The van der Waals surface area contributed by atoms with Crippen LogP contribution in [-0.4, -0.2) is 44.8 Å². The molecule has 7 nitrogen and oxygen atoms in total. The van der Waals surface area contributed by atoms with Crippen LogP contribution in [0.3, 0.4) is 0 Å². The number of likely N-dealkylation sites (tertiary alicyclic amines) is 1. The molecule has 2 aliphatic heterocycles. The molecule has 0 aromatic heterocycles. The molecule has 2 aliphatic rings. The molecule has 1 saturated heterocycles. The molecule has 1 amide bonds. The van der Waals surface area contributed by atoms with Crippen molar-refractivity contribution in [3.8, 4) is 0 Å². The van der Waals surface area contributed by atoms with E-state index in [2.05, 4.69) is 4.72 Å². The Labute approximate surface area is 195 Å². The van der Waals surface area contributed by atoms with Gasteiger partial charge in [0.15, 0.2) is 0 Å². The summed E-state index contributed by atoms with van der Waals surface area (Å²) in [6.45, 7) is 8.36. The summed E-state index contributed by atoms with van der Waals surface area (Å²) < 4.78 is 34.3. The van der Waals surface area contributed by atoms with Crippen LogP contribution in [0.4, 0.5) is 0 Å². The third kappa shape index (κ3) is 4.17. The van der Waals surface area contributed by atoms with Crippen LogP contribution in [0.25, 0.3) is 0 Å². The van der Waals surface area contributed by atoms with Crippen molar-refractivity contribution in [1.82, 2.24) is 9.62 Å². The Hall–Kier alpha value is -2.71. The zero-order chi connectivity index (χ0) is 24.0. The topological polar surface area (TPSA) is 92.8 Å². The number of nitrogens with zero attached hydrogens (tertiary/aromatic N) is 1. The number of carbonyl (C=O) groups is 2. The van der Waals surface area contributed by atoms with Crippen molar-refractivity contribution >= 4 is 21.9 Å². The SMILES string of the molecule is Cc1cc(C)c(C)c(S(=O)(=O)NCCC(=O)N2CCC3(CC2)OC(=O)c2ccccc23)c1C. The number of hydrogen-bond donors (Lipinski definition) is 1. The highest BCUT2D eigenvalue weighted by molar-refractivity contribution is 7.89. The number of aryl methyl sites for hydroxylation is 2. The van der Waals surface area contributed by atoms with Crippen molar-refractivity contribution in [2.45, 2.75) is 57.5 Å². The number of hydrogen-bond acceptors (Lipinski definition) is 5. The van der Waals surface area contributed by atoms with E-state index in [1.54, 1.807) is 24.8 Å². The molecule has 1 N–H and O–H groups in total. The van der Waals surface area contributed by atoms with E-state index < -0.39 is 15.6 Å². The minimum Gasteiger partial charge on any atom is -0.450 e. The fourth-order valence-electron chi connectivity index (χ4n) is 4.94. The number of esters is 1. The van der Waals surface area contributed by atoms with Gasteiger partial charge in [0.25, 0.3) is 0 Å². The van der Waals surface area contributed by atoms with Crippen LogP contribution in [-0.2, 0) is 25.2 Å². The molecule has 1 fully saturated rings. The largest absolute Gasteiger partial charge is 0.450 e. The molecule has 8 heteroatoms. The molecule has 0 bridgehead atoms. The minimum atomic E-state index is -3.73. The molecule has 4 rings (SSSR count).